The molecule has 4 N–H and O–H groups in total. The maximum absolute atomic E-state index is 12.2. The molecule has 0 radical (unpaired) electrons. The third kappa shape index (κ3) is 2.67. The predicted molar refractivity (Wildman–Crippen MR) is 76.5 cm³/mol. The zero-order chi connectivity index (χ0) is 14.1. The van der Waals surface area contributed by atoms with Gasteiger partial charge in [0.2, 0.25) is 5.91 Å². The number of carbonyl (C=O) groups is 2. The number of anilines is 1. The summed E-state index contributed by atoms with van der Waals surface area (Å²) in [5, 5.41) is 5.82. The third-order valence-electron chi connectivity index (χ3n) is 4.10. The van der Waals surface area contributed by atoms with Gasteiger partial charge in [-0.25, -0.2) is 0 Å². The van der Waals surface area contributed by atoms with Crippen LogP contribution in [-0.2, 0) is 11.2 Å². The summed E-state index contributed by atoms with van der Waals surface area (Å²) >= 11 is 0. The lowest BCUT2D eigenvalue weighted by molar-refractivity contribution is -0.115. The second-order valence-corrected chi connectivity index (χ2v) is 5.68. The Balaban J connectivity index is 1.66. The van der Waals surface area contributed by atoms with Crippen LogP contribution < -0.4 is 16.4 Å². The normalized spacial score (nSPS) is 24.9. The van der Waals surface area contributed by atoms with Crippen LogP contribution in [0.5, 0.6) is 0 Å². The van der Waals surface area contributed by atoms with Gasteiger partial charge >= 0.3 is 0 Å². The van der Waals surface area contributed by atoms with E-state index >= 15 is 0 Å². The van der Waals surface area contributed by atoms with Gasteiger partial charge in [-0.2, -0.15) is 0 Å². The molecule has 20 heavy (non-hydrogen) atoms. The van der Waals surface area contributed by atoms with Crippen LogP contribution in [0.1, 0.15) is 41.6 Å². The molecule has 1 fully saturated rings. The van der Waals surface area contributed by atoms with Crippen LogP contribution in [0.15, 0.2) is 18.2 Å². The van der Waals surface area contributed by atoms with Crippen molar-refractivity contribution >= 4 is 17.5 Å². The van der Waals surface area contributed by atoms with Gasteiger partial charge in [0, 0.05) is 23.3 Å². The summed E-state index contributed by atoms with van der Waals surface area (Å²) in [6.07, 6.45) is 4.21. The van der Waals surface area contributed by atoms with E-state index in [2.05, 4.69) is 10.6 Å². The van der Waals surface area contributed by atoms with E-state index in [1.54, 1.807) is 12.1 Å². The standard InChI is InChI=1S/C15H19N3O2/c16-11-3-5-12(6-4-11)17-15(20)10-2-1-9-8-14(19)18-13(9)7-10/h1-2,7,11-12H,3-6,8,16H2,(H,17,20)(H,18,19). The molecule has 0 aromatic heterocycles. The van der Waals surface area contributed by atoms with Crippen LogP contribution in [-0.4, -0.2) is 23.9 Å². The van der Waals surface area contributed by atoms with Crippen LogP contribution in [0.2, 0.25) is 0 Å². The second kappa shape index (κ2) is 5.25. The summed E-state index contributed by atoms with van der Waals surface area (Å²) in [5.41, 5.74) is 8.17. The average molecular weight is 273 g/mol. The van der Waals surface area contributed by atoms with E-state index in [-0.39, 0.29) is 23.9 Å². The predicted octanol–water partition coefficient (Wildman–Crippen LogP) is 1.18. The maximum Gasteiger partial charge on any atom is 0.251 e. The summed E-state index contributed by atoms with van der Waals surface area (Å²) in [7, 11) is 0. The van der Waals surface area contributed by atoms with Gasteiger partial charge in [-0.15, -0.1) is 0 Å². The highest BCUT2D eigenvalue weighted by Crippen LogP contribution is 2.24. The van der Waals surface area contributed by atoms with Gasteiger partial charge in [-0.1, -0.05) is 6.07 Å². The Bertz CT molecular complexity index is 548. The minimum absolute atomic E-state index is 0.0150. The van der Waals surface area contributed by atoms with E-state index in [1.807, 2.05) is 6.07 Å². The summed E-state index contributed by atoms with van der Waals surface area (Å²) in [6, 6.07) is 5.87. The fourth-order valence-corrected chi connectivity index (χ4v) is 2.89. The molecule has 5 nitrogen and oxygen atoms in total. The highest BCUT2D eigenvalue weighted by Gasteiger charge is 2.22. The van der Waals surface area contributed by atoms with Gasteiger partial charge in [0.15, 0.2) is 0 Å². The molecule has 0 spiro atoms. The molecule has 1 saturated carbocycles. The molecule has 0 atom stereocenters. The molecular formula is C15H19N3O2. The van der Waals surface area contributed by atoms with Crippen LogP contribution in [0.25, 0.3) is 0 Å². The van der Waals surface area contributed by atoms with Crippen molar-refractivity contribution in [2.24, 2.45) is 5.73 Å². The van der Waals surface area contributed by atoms with Gasteiger partial charge in [-0.05, 0) is 43.4 Å². The molecule has 0 unspecified atom stereocenters. The minimum Gasteiger partial charge on any atom is -0.349 e. The SMILES string of the molecule is NC1CCC(NC(=O)c2ccc3c(c2)NC(=O)C3)CC1. The molecular weight excluding hydrogens is 254 g/mol. The molecule has 1 aliphatic carbocycles. The number of amides is 2. The van der Waals surface area contributed by atoms with E-state index in [1.165, 1.54) is 0 Å². The van der Waals surface area contributed by atoms with Crippen LogP contribution in [0, 0.1) is 0 Å². The first-order valence-electron chi connectivity index (χ1n) is 7.11. The van der Waals surface area contributed by atoms with Crippen molar-refractivity contribution < 1.29 is 9.59 Å². The number of nitrogens with one attached hydrogen (secondary N) is 2. The monoisotopic (exact) mass is 273 g/mol. The summed E-state index contributed by atoms with van der Waals surface area (Å²) < 4.78 is 0. The fraction of sp³-hybridized carbons (Fsp3) is 0.467. The molecule has 2 amide bonds. The highest BCUT2D eigenvalue weighted by atomic mass is 16.2. The van der Waals surface area contributed by atoms with E-state index in [0.717, 1.165) is 36.9 Å². The van der Waals surface area contributed by atoms with Gasteiger partial charge in [-0.3, -0.25) is 9.59 Å². The van der Waals surface area contributed by atoms with E-state index in [4.69, 9.17) is 5.73 Å². The van der Waals surface area contributed by atoms with Gasteiger partial charge < -0.3 is 16.4 Å². The summed E-state index contributed by atoms with van der Waals surface area (Å²) in [6.45, 7) is 0. The van der Waals surface area contributed by atoms with Crippen molar-refractivity contribution in [2.45, 2.75) is 44.2 Å². The fourth-order valence-electron chi connectivity index (χ4n) is 2.89. The smallest absolute Gasteiger partial charge is 0.251 e. The Hall–Kier alpha value is -1.88. The third-order valence-corrected chi connectivity index (χ3v) is 4.10. The van der Waals surface area contributed by atoms with Gasteiger partial charge in [0.1, 0.15) is 0 Å². The van der Waals surface area contributed by atoms with Crippen molar-refractivity contribution in [1.82, 2.24) is 5.32 Å². The van der Waals surface area contributed by atoms with E-state index in [0.29, 0.717) is 12.0 Å². The Morgan fingerprint density at radius 2 is 2.00 bits per heavy atom. The number of rotatable bonds is 2. The van der Waals surface area contributed by atoms with E-state index in [9.17, 15) is 9.59 Å². The molecule has 1 aromatic rings. The molecule has 1 heterocycles. The number of fused-ring (bicyclic) bond motifs is 1. The van der Waals surface area contributed by atoms with E-state index < -0.39 is 0 Å². The van der Waals surface area contributed by atoms with Crippen LogP contribution in [0.4, 0.5) is 5.69 Å². The van der Waals surface area contributed by atoms with Crippen molar-refractivity contribution in [1.29, 1.82) is 0 Å². The molecule has 1 aromatic carbocycles. The number of hydrogen-bond donors (Lipinski definition) is 3. The van der Waals surface area contributed by atoms with Crippen molar-refractivity contribution in [2.75, 3.05) is 5.32 Å². The molecule has 2 aliphatic rings. The van der Waals surface area contributed by atoms with Crippen LogP contribution in [0.3, 0.4) is 0 Å². The Morgan fingerprint density at radius 1 is 1.25 bits per heavy atom. The van der Waals surface area contributed by atoms with Crippen molar-refractivity contribution in [3.63, 3.8) is 0 Å². The molecule has 5 heteroatoms. The van der Waals surface area contributed by atoms with Gasteiger partial charge in [0.05, 0.1) is 6.42 Å². The molecule has 106 valence electrons. The zero-order valence-electron chi connectivity index (χ0n) is 11.3. The largest absolute Gasteiger partial charge is 0.349 e. The number of benzene rings is 1. The summed E-state index contributed by atoms with van der Waals surface area (Å²) in [5.74, 6) is -0.0896. The molecule has 0 bridgehead atoms. The number of nitrogens with two attached hydrogens (primary N) is 1. The first-order valence-corrected chi connectivity index (χ1v) is 7.11. The minimum atomic E-state index is -0.0746. The van der Waals surface area contributed by atoms with Crippen molar-refractivity contribution in [3.05, 3.63) is 29.3 Å². The Morgan fingerprint density at radius 3 is 2.75 bits per heavy atom. The number of carbonyl (C=O) groups excluding carboxylic acids is 2. The molecule has 3 rings (SSSR count). The number of hydrogen-bond acceptors (Lipinski definition) is 3. The van der Waals surface area contributed by atoms with Crippen molar-refractivity contribution in [3.8, 4) is 0 Å². The quantitative estimate of drug-likeness (QED) is 0.756. The lowest BCUT2D eigenvalue weighted by atomic mass is 9.91. The topological polar surface area (TPSA) is 84.2 Å². The first-order chi connectivity index (χ1) is 9.61. The average Bonchev–Trinajstić information content (AvgIpc) is 2.80. The second-order valence-electron chi connectivity index (χ2n) is 5.68. The molecule has 0 saturated heterocycles. The maximum atomic E-state index is 12.2. The molecule has 1 aliphatic heterocycles. The zero-order valence-corrected chi connectivity index (χ0v) is 11.3. The Labute approximate surface area is 117 Å². The first kappa shape index (κ1) is 13.1. The van der Waals surface area contributed by atoms with Crippen LogP contribution >= 0.6 is 0 Å². The summed E-state index contributed by atoms with van der Waals surface area (Å²) in [4.78, 5) is 23.5. The lowest BCUT2D eigenvalue weighted by Crippen LogP contribution is -2.40. The Kier molecular flexibility index (Phi) is 3.44. The van der Waals surface area contributed by atoms with Gasteiger partial charge in [0.25, 0.3) is 5.91 Å². The lowest BCUT2D eigenvalue weighted by Gasteiger charge is -2.26. The highest BCUT2D eigenvalue weighted by molar-refractivity contribution is 6.02.